The number of nitrogens with zero attached hydrogens (tertiary/aromatic N) is 2. The van der Waals surface area contributed by atoms with Gasteiger partial charge in [-0.15, -0.1) is 0 Å². The van der Waals surface area contributed by atoms with Crippen LogP contribution in [0.3, 0.4) is 0 Å². The summed E-state index contributed by atoms with van der Waals surface area (Å²) in [6.07, 6.45) is 7.22. The molecule has 1 aliphatic carbocycles. The Kier molecular flexibility index (Phi) is 5.95. The fourth-order valence-corrected chi connectivity index (χ4v) is 3.79. The summed E-state index contributed by atoms with van der Waals surface area (Å²) in [5.74, 6) is 0. The van der Waals surface area contributed by atoms with Crippen LogP contribution < -0.4 is 5.32 Å². The Morgan fingerprint density at radius 2 is 1.91 bits per heavy atom. The molecule has 0 spiro atoms. The highest BCUT2D eigenvalue weighted by Gasteiger charge is 2.37. The number of nitrogens with one attached hydrogen (secondary N) is 1. The first-order valence-corrected chi connectivity index (χ1v) is 9.11. The minimum absolute atomic E-state index is 0.174. The zero-order valence-electron chi connectivity index (χ0n) is 15.7. The Morgan fingerprint density at radius 1 is 1.26 bits per heavy atom. The van der Waals surface area contributed by atoms with Crippen LogP contribution in [0.1, 0.15) is 59.3 Å². The molecule has 134 valence electrons. The van der Waals surface area contributed by atoms with Crippen molar-refractivity contribution < 1.29 is 9.53 Å². The average molecular weight is 325 g/mol. The zero-order valence-corrected chi connectivity index (χ0v) is 15.7. The lowest BCUT2D eigenvalue weighted by atomic mass is 9.95. The third kappa shape index (κ3) is 5.08. The first-order chi connectivity index (χ1) is 10.7. The third-order valence-corrected chi connectivity index (χ3v) is 5.28. The van der Waals surface area contributed by atoms with E-state index in [-0.39, 0.29) is 6.09 Å². The maximum absolute atomic E-state index is 12.3. The number of hydrogen-bond donors (Lipinski definition) is 1. The fraction of sp³-hybridized carbons (Fsp3) is 0.944. The molecule has 0 bridgehead atoms. The highest BCUT2D eigenvalue weighted by atomic mass is 16.6. The molecule has 2 rings (SSSR count). The first-order valence-electron chi connectivity index (χ1n) is 9.11. The van der Waals surface area contributed by atoms with Crippen LogP contribution in [-0.2, 0) is 4.74 Å². The maximum atomic E-state index is 12.3. The van der Waals surface area contributed by atoms with Crippen molar-refractivity contribution in [1.29, 1.82) is 0 Å². The van der Waals surface area contributed by atoms with E-state index in [0.717, 1.165) is 32.5 Å². The molecular formula is C18H35N3O2. The molecule has 2 fully saturated rings. The highest BCUT2D eigenvalue weighted by Crippen LogP contribution is 2.33. The monoisotopic (exact) mass is 325 g/mol. The number of piperidine rings is 1. The molecule has 1 N–H and O–H groups in total. The van der Waals surface area contributed by atoms with Crippen LogP contribution in [0.2, 0.25) is 0 Å². The second-order valence-electron chi connectivity index (χ2n) is 8.47. The summed E-state index contributed by atoms with van der Waals surface area (Å²) in [6.45, 7) is 8.36. The average Bonchev–Trinajstić information content (AvgIpc) is 2.94. The number of rotatable bonds is 4. The molecule has 5 nitrogen and oxygen atoms in total. The van der Waals surface area contributed by atoms with E-state index in [4.69, 9.17) is 4.74 Å². The molecule has 1 saturated carbocycles. The van der Waals surface area contributed by atoms with Crippen LogP contribution in [0.15, 0.2) is 0 Å². The van der Waals surface area contributed by atoms with Gasteiger partial charge in [0.15, 0.2) is 0 Å². The van der Waals surface area contributed by atoms with E-state index in [1.54, 1.807) is 0 Å². The van der Waals surface area contributed by atoms with Gasteiger partial charge in [-0.3, -0.25) is 0 Å². The minimum Gasteiger partial charge on any atom is -0.444 e. The third-order valence-electron chi connectivity index (χ3n) is 5.28. The number of ether oxygens (including phenoxy) is 1. The van der Waals surface area contributed by atoms with Crippen molar-refractivity contribution in [3.8, 4) is 0 Å². The van der Waals surface area contributed by atoms with Gasteiger partial charge in [-0.05, 0) is 60.5 Å². The van der Waals surface area contributed by atoms with Crippen LogP contribution in [0.5, 0.6) is 0 Å². The smallest absolute Gasteiger partial charge is 0.410 e. The minimum atomic E-state index is -0.420. The summed E-state index contributed by atoms with van der Waals surface area (Å²) in [4.78, 5) is 16.5. The van der Waals surface area contributed by atoms with Gasteiger partial charge in [0.25, 0.3) is 0 Å². The topological polar surface area (TPSA) is 44.8 Å². The van der Waals surface area contributed by atoms with Gasteiger partial charge >= 0.3 is 6.09 Å². The molecule has 0 aromatic rings. The summed E-state index contributed by atoms with van der Waals surface area (Å²) >= 11 is 0. The van der Waals surface area contributed by atoms with E-state index in [1.165, 1.54) is 25.7 Å². The van der Waals surface area contributed by atoms with E-state index in [9.17, 15) is 4.79 Å². The van der Waals surface area contributed by atoms with Crippen molar-refractivity contribution in [2.45, 2.75) is 76.5 Å². The number of hydrogen-bond acceptors (Lipinski definition) is 4. The summed E-state index contributed by atoms with van der Waals surface area (Å²) < 4.78 is 5.51. The van der Waals surface area contributed by atoms with Crippen LogP contribution in [0.4, 0.5) is 4.79 Å². The molecule has 1 saturated heterocycles. The molecule has 0 radical (unpaired) electrons. The van der Waals surface area contributed by atoms with Gasteiger partial charge in [0.2, 0.25) is 0 Å². The summed E-state index contributed by atoms with van der Waals surface area (Å²) in [7, 11) is 4.39. The fourth-order valence-electron chi connectivity index (χ4n) is 3.79. The van der Waals surface area contributed by atoms with E-state index in [2.05, 4.69) is 24.3 Å². The number of likely N-dealkylation sites (tertiary alicyclic amines) is 1. The number of carbonyl (C=O) groups excluding carboxylic acids is 1. The predicted octanol–water partition coefficient (Wildman–Crippen LogP) is 2.85. The van der Waals surface area contributed by atoms with Gasteiger partial charge in [0, 0.05) is 31.2 Å². The first kappa shape index (κ1) is 18.5. The van der Waals surface area contributed by atoms with Crippen LogP contribution in [0.25, 0.3) is 0 Å². The normalized spacial score (nSPS) is 25.0. The van der Waals surface area contributed by atoms with E-state index < -0.39 is 5.60 Å². The van der Waals surface area contributed by atoms with E-state index in [0.29, 0.717) is 11.6 Å². The largest absolute Gasteiger partial charge is 0.444 e. The molecule has 1 heterocycles. The molecule has 0 aromatic heterocycles. The number of likely N-dealkylation sites (N-methyl/N-ethyl adjacent to an activating group) is 1. The summed E-state index contributed by atoms with van der Waals surface area (Å²) in [5, 5.41) is 3.74. The molecule has 2 aliphatic rings. The molecule has 1 amide bonds. The Hall–Kier alpha value is -0.810. The number of carbonyl (C=O) groups is 1. The molecule has 0 aromatic carbocycles. The van der Waals surface area contributed by atoms with Crippen molar-refractivity contribution in [2.24, 2.45) is 0 Å². The summed E-state index contributed by atoms with van der Waals surface area (Å²) in [5.41, 5.74) is -0.121. The second kappa shape index (κ2) is 7.39. The lowest BCUT2D eigenvalue weighted by molar-refractivity contribution is 0.0181. The Labute approximate surface area is 141 Å². The molecule has 1 unspecified atom stereocenters. The van der Waals surface area contributed by atoms with Crippen molar-refractivity contribution in [2.75, 3.05) is 33.7 Å². The lowest BCUT2D eigenvalue weighted by Crippen LogP contribution is -2.55. The van der Waals surface area contributed by atoms with Crippen molar-refractivity contribution in [3.63, 3.8) is 0 Å². The molecule has 1 aliphatic heterocycles. The van der Waals surface area contributed by atoms with Crippen molar-refractivity contribution in [3.05, 3.63) is 0 Å². The highest BCUT2D eigenvalue weighted by molar-refractivity contribution is 5.68. The Bertz CT molecular complexity index is 398. The second-order valence-corrected chi connectivity index (χ2v) is 8.47. The Morgan fingerprint density at radius 3 is 2.48 bits per heavy atom. The molecule has 1 atom stereocenters. The lowest BCUT2D eigenvalue weighted by Gasteiger charge is -2.40. The van der Waals surface area contributed by atoms with Crippen molar-refractivity contribution in [1.82, 2.24) is 15.1 Å². The van der Waals surface area contributed by atoms with Crippen LogP contribution in [-0.4, -0.2) is 66.8 Å². The van der Waals surface area contributed by atoms with Gasteiger partial charge in [0.05, 0.1) is 0 Å². The maximum Gasteiger partial charge on any atom is 0.410 e. The standard InChI is InChI=1S/C18H35N3O2/c1-17(2,3)23-16(22)21-12-8-9-15(13-21)19-14-18(20(4)5)10-6-7-11-18/h15,19H,6-14H2,1-5H3. The zero-order chi connectivity index (χ0) is 17.1. The van der Waals surface area contributed by atoms with Gasteiger partial charge in [-0.2, -0.15) is 0 Å². The van der Waals surface area contributed by atoms with Crippen LogP contribution in [0, 0.1) is 0 Å². The molecular weight excluding hydrogens is 290 g/mol. The predicted molar refractivity (Wildman–Crippen MR) is 93.7 cm³/mol. The molecule has 23 heavy (non-hydrogen) atoms. The summed E-state index contributed by atoms with van der Waals surface area (Å²) in [6, 6.07) is 0.383. The van der Waals surface area contributed by atoms with Crippen LogP contribution >= 0.6 is 0 Å². The number of amides is 1. The van der Waals surface area contributed by atoms with E-state index in [1.807, 2.05) is 25.7 Å². The van der Waals surface area contributed by atoms with Gasteiger partial charge in [-0.25, -0.2) is 4.79 Å². The van der Waals surface area contributed by atoms with Crippen molar-refractivity contribution >= 4 is 6.09 Å². The van der Waals surface area contributed by atoms with E-state index >= 15 is 0 Å². The SMILES string of the molecule is CN(C)C1(CNC2CCCN(C(=O)OC(C)(C)C)C2)CCCC1. The van der Waals surface area contributed by atoms with Gasteiger partial charge in [0.1, 0.15) is 5.60 Å². The quantitative estimate of drug-likeness (QED) is 0.863. The van der Waals surface area contributed by atoms with Gasteiger partial charge < -0.3 is 19.9 Å². The van der Waals surface area contributed by atoms with Gasteiger partial charge in [-0.1, -0.05) is 12.8 Å². The molecule has 5 heteroatoms. The Balaban J connectivity index is 1.85.